The van der Waals surface area contributed by atoms with Crippen molar-refractivity contribution in [1.29, 1.82) is 0 Å². The molecule has 1 aliphatic carbocycles. The summed E-state index contributed by atoms with van der Waals surface area (Å²) < 4.78 is 71.2. The molecule has 12 heteroatoms. The molecule has 41 heavy (non-hydrogen) atoms. The molecule has 6 rings (SSSR count). The van der Waals surface area contributed by atoms with E-state index < -0.39 is 47.0 Å². The summed E-state index contributed by atoms with van der Waals surface area (Å²) in [5, 5.41) is 12.6. The van der Waals surface area contributed by atoms with E-state index in [0.29, 0.717) is 17.8 Å². The Hall–Kier alpha value is -3.80. The van der Waals surface area contributed by atoms with Gasteiger partial charge < -0.3 is 20.2 Å². The summed E-state index contributed by atoms with van der Waals surface area (Å²) in [5.74, 6) is -3.93. The van der Waals surface area contributed by atoms with Crippen LogP contribution in [0.25, 0.3) is 0 Å². The number of nitrogens with zero attached hydrogens (tertiary/aromatic N) is 4. The lowest BCUT2D eigenvalue weighted by molar-refractivity contribution is -0.139. The number of rotatable bonds is 5. The Labute approximate surface area is 233 Å². The van der Waals surface area contributed by atoms with Gasteiger partial charge in [-0.15, -0.1) is 0 Å². The monoisotopic (exact) mass is 573 g/mol. The molecule has 2 unspecified atom stereocenters. The highest BCUT2D eigenvalue weighted by Gasteiger charge is 2.46. The van der Waals surface area contributed by atoms with Crippen LogP contribution in [-0.2, 0) is 29.4 Å². The fourth-order valence-corrected chi connectivity index (χ4v) is 6.71. The van der Waals surface area contributed by atoms with Crippen LogP contribution in [0.4, 0.5) is 45.1 Å². The summed E-state index contributed by atoms with van der Waals surface area (Å²) in [6.07, 6.45) is -1.64. The van der Waals surface area contributed by atoms with Crippen LogP contribution in [0.2, 0.25) is 0 Å². The Bertz CT molecular complexity index is 1560. The Kier molecular flexibility index (Phi) is 6.44. The van der Waals surface area contributed by atoms with Crippen LogP contribution in [0, 0.1) is 11.6 Å². The van der Waals surface area contributed by atoms with Gasteiger partial charge in [-0.05, 0) is 72.7 Å². The fraction of sp³-hybridized carbons (Fsp3) is 0.414. The number of nitrogens with one attached hydrogen (secondary N) is 1. The number of carbonyl (C=O) groups is 1. The molecule has 3 aliphatic rings. The van der Waals surface area contributed by atoms with E-state index in [2.05, 4.69) is 27.2 Å². The van der Waals surface area contributed by atoms with Crippen molar-refractivity contribution in [2.45, 2.75) is 56.7 Å². The van der Waals surface area contributed by atoms with Gasteiger partial charge in [0.25, 0.3) is 0 Å². The Morgan fingerprint density at radius 3 is 2.63 bits per heavy atom. The lowest BCUT2D eigenvalue weighted by atomic mass is 9.77. The summed E-state index contributed by atoms with van der Waals surface area (Å²) in [6.45, 7) is 2.95. The van der Waals surface area contributed by atoms with Gasteiger partial charge in [0.05, 0.1) is 6.42 Å². The van der Waals surface area contributed by atoms with Gasteiger partial charge >= 0.3 is 12.1 Å². The highest BCUT2D eigenvalue weighted by molar-refractivity contribution is 5.77. The molecule has 2 N–H and O–H groups in total. The predicted octanol–water partition coefficient (Wildman–Crippen LogP) is 6.27. The zero-order valence-corrected chi connectivity index (χ0v) is 22.4. The largest absolute Gasteiger partial charge is 0.481 e. The Morgan fingerprint density at radius 2 is 1.90 bits per heavy atom. The number of benzene rings is 2. The van der Waals surface area contributed by atoms with Gasteiger partial charge in [0.2, 0.25) is 5.95 Å². The van der Waals surface area contributed by atoms with Gasteiger partial charge in [-0.2, -0.15) is 18.2 Å². The minimum atomic E-state index is -4.87. The molecular formula is C29H28F5N5O2. The maximum absolute atomic E-state index is 14.4. The topological polar surface area (TPSA) is 81.6 Å². The van der Waals surface area contributed by atoms with Crippen molar-refractivity contribution in [2.75, 3.05) is 30.4 Å². The van der Waals surface area contributed by atoms with Crippen LogP contribution >= 0.6 is 0 Å². The van der Waals surface area contributed by atoms with E-state index in [1.807, 2.05) is 12.1 Å². The van der Waals surface area contributed by atoms with Crippen molar-refractivity contribution in [3.63, 3.8) is 0 Å². The number of anilines is 4. The number of fused-ring (bicyclic) bond motifs is 1. The number of aryl methyl sites for hydroxylation is 1. The van der Waals surface area contributed by atoms with Crippen molar-refractivity contribution in [1.82, 2.24) is 14.9 Å². The number of alkyl halides is 3. The zero-order valence-electron chi connectivity index (χ0n) is 22.4. The third-order valence-electron chi connectivity index (χ3n) is 8.34. The number of aromatic nitrogens is 2. The number of hydrogen-bond acceptors (Lipinski definition) is 6. The molecule has 0 saturated heterocycles. The lowest BCUT2D eigenvalue weighted by Gasteiger charge is -2.37. The van der Waals surface area contributed by atoms with Crippen LogP contribution in [0.3, 0.4) is 0 Å². The molecule has 0 amide bonds. The van der Waals surface area contributed by atoms with Crippen molar-refractivity contribution in [3.05, 3.63) is 69.9 Å². The van der Waals surface area contributed by atoms with Gasteiger partial charge in [-0.3, -0.25) is 4.79 Å². The summed E-state index contributed by atoms with van der Waals surface area (Å²) in [6, 6.07) is 5.60. The molecule has 2 aliphatic heterocycles. The lowest BCUT2D eigenvalue weighted by Crippen LogP contribution is -2.33. The standard InChI is InChI=1S/C29H28F5N5O2/c1-28(10-24(40)41)14-39(23-9-22(31)21(30)8-19(23)28)26-20(29(32,33)34)11-35-27(37-26)36-18-6-15-4-3-5-16-12-38(2)13-17(7-18)25(15)16/h6-9,11,16H,3-5,10,12-14H2,1-2H3,(H,40,41)(H,35,36,37). The SMILES string of the molecule is CN1Cc2cc(Nc3ncc(C(F)(F)F)c(N4CC(C)(CC(=O)O)c5cc(F)c(F)cc54)n3)cc3c2C(CCC3)C1. The van der Waals surface area contributed by atoms with E-state index in [9.17, 15) is 31.9 Å². The minimum absolute atomic E-state index is 0.0740. The first kappa shape index (κ1) is 27.4. The van der Waals surface area contributed by atoms with E-state index in [1.165, 1.54) is 18.1 Å². The predicted molar refractivity (Wildman–Crippen MR) is 142 cm³/mol. The minimum Gasteiger partial charge on any atom is -0.481 e. The summed E-state index contributed by atoms with van der Waals surface area (Å²) in [7, 11) is 2.06. The van der Waals surface area contributed by atoms with Gasteiger partial charge in [-0.25, -0.2) is 13.8 Å². The second kappa shape index (κ2) is 9.64. The van der Waals surface area contributed by atoms with Crippen LogP contribution in [0.1, 0.15) is 59.9 Å². The third-order valence-corrected chi connectivity index (χ3v) is 8.34. The fourth-order valence-electron chi connectivity index (χ4n) is 6.71. The second-order valence-corrected chi connectivity index (χ2v) is 11.5. The summed E-state index contributed by atoms with van der Waals surface area (Å²) in [5.41, 5.74) is 1.90. The van der Waals surface area contributed by atoms with Crippen molar-refractivity contribution >= 4 is 29.1 Å². The van der Waals surface area contributed by atoms with Crippen molar-refractivity contribution in [2.24, 2.45) is 0 Å². The van der Waals surface area contributed by atoms with Crippen LogP contribution in [-0.4, -0.2) is 46.1 Å². The van der Waals surface area contributed by atoms with E-state index in [4.69, 9.17) is 0 Å². The molecule has 3 aromatic rings. The molecule has 216 valence electrons. The van der Waals surface area contributed by atoms with Crippen LogP contribution in [0.5, 0.6) is 0 Å². The molecule has 0 spiro atoms. The van der Waals surface area contributed by atoms with Crippen LogP contribution < -0.4 is 10.2 Å². The maximum atomic E-state index is 14.4. The zero-order chi connectivity index (χ0) is 29.3. The van der Waals surface area contributed by atoms with E-state index in [1.54, 1.807) is 0 Å². The number of carboxylic acid groups (broad SMARTS) is 1. The average molecular weight is 574 g/mol. The molecule has 0 bridgehead atoms. The van der Waals surface area contributed by atoms with Gasteiger partial charge in [-0.1, -0.05) is 6.92 Å². The van der Waals surface area contributed by atoms with Crippen molar-refractivity contribution < 1.29 is 31.9 Å². The molecule has 2 aromatic carbocycles. The van der Waals surface area contributed by atoms with Gasteiger partial charge in [0.15, 0.2) is 17.5 Å². The first-order valence-electron chi connectivity index (χ1n) is 13.4. The average Bonchev–Trinajstić information content (AvgIpc) is 3.13. The van der Waals surface area contributed by atoms with Crippen LogP contribution in [0.15, 0.2) is 30.5 Å². The first-order chi connectivity index (χ1) is 19.3. The smallest absolute Gasteiger partial charge is 0.421 e. The number of hydrogen-bond donors (Lipinski definition) is 2. The van der Waals surface area contributed by atoms with Crippen molar-refractivity contribution in [3.8, 4) is 0 Å². The Morgan fingerprint density at radius 1 is 1.17 bits per heavy atom. The molecule has 2 atom stereocenters. The number of aliphatic carboxylic acids is 1. The highest BCUT2D eigenvalue weighted by atomic mass is 19.4. The number of likely N-dealkylation sites (N-methyl/N-ethyl adjacent to an activating group) is 1. The third kappa shape index (κ3) is 4.87. The number of halogens is 5. The molecule has 0 saturated carbocycles. The highest BCUT2D eigenvalue weighted by Crippen LogP contribution is 2.49. The second-order valence-electron chi connectivity index (χ2n) is 11.5. The number of carboxylic acids is 1. The quantitative estimate of drug-likeness (QED) is 0.349. The van der Waals surface area contributed by atoms with Gasteiger partial charge in [0, 0.05) is 48.7 Å². The molecule has 0 radical (unpaired) electrons. The van der Waals surface area contributed by atoms with E-state index in [0.717, 1.165) is 54.9 Å². The maximum Gasteiger partial charge on any atom is 0.421 e. The van der Waals surface area contributed by atoms with Gasteiger partial charge in [0.1, 0.15) is 5.56 Å². The first-order valence-corrected chi connectivity index (χ1v) is 13.4. The summed E-state index contributed by atoms with van der Waals surface area (Å²) >= 11 is 0. The van der Waals surface area contributed by atoms with E-state index >= 15 is 0 Å². The summed E-state index contributed by atoms with van der Waals surface area (Å²) in [4.78, 5) is 23.2. The van der Waals surface area contributed by atoms with E-state index in [-0.39, 0.29) is 23.7 Å². The Balaban J connectivity index is 1.43. The molecule has 1 aromatic heterocycles. The molecule has 0 fully saturated rings. The molecule has 3 heterocycles. The normalized spacial score (nSPS) is 21.9. The molecule has 7 nitrogen and oxygen atoms in total. The molecular weight excluding hydrogens is 545 g/mol.